The molecule has 0 aromatic rings. The lowest BCUT2D eigenvalue weighted by Gasteiger charge is -2.27. The quantitative estimate of drug-likeness (QED) is 0.661. The molecule has 0 saturated carbocycles. The highest BCUT2D eigenvalue weighted by atomic mass is 32.2. The Bertz CT molecular complexity index is 325. The van der Waals surface area contributed by atoms with Crippen molar-refractivity contribution in [2.75, 3.05) is 18.1 Å². The van der Waals surface area contributed by atoms with Gasteiger partial charge in [-0.05, 0) is 5.41 Å². The number of nitrogens with one attached hydrogen (secondary N) is 2. The van der Waals surface area contributed by atoms with Crippen molar-refractivity contribution >= 4 is 22.8 Å². The van der Waals surface area contributed by atoms with Crippen LogP contribution in [-0.4, -0.2) is 45.4 Å². The molecule has 0 saturated heterocycles. The molecule has 0 radical (unpaired) electrons. The third-order valence-corrected chi connectivity index (χ3v) is 3.63. The van der Waals surface area contributed by atoms with Gasteiger partial charge in [0.2, 0.25) is 0 Å². The summed E-state index contributed by atoms with van der Waals surface area (Å²) in [5.41, 5.74) is -0.574. The Morgan fingerprint density at radius 3 is 2.28 bits per heavy atom. The van der Waals surface area contributed by atoms with Crippen LogP contribution >= 0.6 is 0 Å². The average Bonchev–Trinajstić information content (AvgIpc) is 2.23. The van der Waals surface area contributed by atoms with Gasteiger partial charge < -0.3 is 15.7 Å². The summed E-state index contributed by atoms with van der Waals surface area (Å²) in [7, 11) is -0.941. The van der Waals surface area contributed by atoms with Gasteiger partial charge in [-0.25, -0.2) is 9.59 Å². The van der Waals surface area contributed by atoms with Crippen LogP contribution in [0.15, 0.2) is 0 Å². The van der Waals surface area contributed by atoms with Crippen LogP contribution in [-0.2, 0) is 15.6 Å². The molecule has 0 spiro atoms. The van der Waals surface area contributed by atoms with Crippen LogP contribution in [0.25, 0.3) is 0 Å². The van der Waals surface area contributed by atoms with Gasteiger partial charge in [-0.2, -0.15) is 0 Å². The van der Waals surface area contributed by atoms with E-state index >= 15 is 0 Å². The molecule has 0 rings (SSSR count). The predicted molar refractivity (Wildman–Crippen MR) is 71.0 cm³/mol. The highest BCUT2D eigenvalue weighted by molar-refractivity contribution is 7.84. The first-order valence-electron chi connectivity index (χ1n) is 5.80. The van der Waals surface area contributed by atoms with Gasteiger partial charge >= 0.3 is 12.0 Å². The highest BCUT2D eigenvalue weighted by Crippen LogP contribution is 2.19. The van der Waals surface area contributed by atoms with E-state index in [1.54, 1.807) is 27.7 Å². The van der Waals surface area contributed by atoms with Crippen molar-refractivity contribution in [3.8, 4) is 0 Å². The van der Waals surface area contributed by atoms with E-state index in [-0.39, 0.29) is 6.54 Å². The molecule has 7 heteroatoms. The second-order valence-electron chi connectivity index (χ2n) is 4.97. The molecule has 0 aliphatic carbocycles. The zero-order chi connectivity index (χ0) is 14.3. The smallest absolute Gasteiger partial charge is 0.326 e. The maximum Gasteiger partial charge on any atom is 0.326 e. The number of hydrogen-bond donors (Lipinski definition) is 3. The molecule has 0 bridgehead atoms. The predicted octanol–water partition coefficient (Wildman–Crippen LogP) is 0.554. The Morgan fingerprint density at radius 2 is 1.89 bits per heavy atom. The van der Waals surface area contributed by atoms with E-state index in [0.29, 0.717) is 11.5 Å². The summed E-state index contributed by atoms with van der Waals surface area (Å²) in [6, 6.07) is -1.51. The van der Waals surface area contributed by atoms with Gasteiger partial charge in [0.05, 0.1) is 0 Å². The van der Waals surface area contributed by atoms with E-state index in [1.165, 1.54) is 0 Å². The molecule has 2 atom stereocenters. The van der Waals surface area contributed by atoms with Gasteiger partial charge in [0, 0.05) is 28.9 Å². The zero-order valence-electron chi connectivity index (χ0n) is 11.3. The van der Waals surface area contributed by atoms with E-state index in [0.717, 1.165) is 0 Å². The van der Waals surface area contributed by atoms with Crippen molar-refractivity contribution in [2.24, 2.45) is 5.41 Å². The van der Waals surface area contributed by atoms with Crippen LogP contribution in [0.5, 0.6) is 0 Å². The summed E-state index contributed by atoms with van der Waals surface area (Å²) in [6.45, 7) is 7.27. The standard InChI is InChI=1S/C11H22N2O4S/c1-5-18(17)7-6-12-10(16)13-8(9(14)15)11(2,3)4/h8H,5-7H2,1-4H3,(H,14,15)(H2,12,13,16)/t8-,18?/m0/s1. The number of carboxylic acids is 1. The first kappa shape index (κ1) is 16.9. The molecule has 0 aromatic heterocycles. The van der Waals surface area contributed by atoms with Crippen molar-refractivity contribution in [1.82, 2.24) is 10.6 Å². The average molecular weight is 278 g/mol. The molecule has 0 aromatic carbocycles. The molecular weight excluding hydrogens is 256 g/mol. The third-order valence-electron chi connectivity index (χ3n) is 2.33. The number of rotatable bonds is 6. The number of aliphatic carboxylic acids is 1. The monoisotopic (exact) mass is 278 g/mol. The fourth-order valence-corrected chi connectivity index (χ4v) is 1.87. The van der Waals surface area contributed by atoms with Gasteiger partial charge in [0.15, 0.2) is 0 Å². The van der Waals surface area contributed by atoms with Crippen molar-refractivity contribution in [3.63, 3.8) is 0 Å². The molecule has 6 nitrogen and oxygen atoms in total. The summed E-state index contributed by atoms with van der Waals surface area (Å²) in [6.07, 6.45) is 0. The summed E-state index contributed by atoms with van der Waals surface area (Å²) in [5, 5.41) is 13.9. The Labute approximate surface area is 110 Å². The van der Waals surface area contributed by atoms with E-state index in [2.05, 4.69) is 10.6 Å². The van der Waals surface area contributed by atoms with Crippen molar-refractivity contribution in [2.45, 2.75) is 33.7 Å². The highest BCUT2D eigenvalue weighted by Gasteiger charge is 2.32. The van der Waals surface area contributed by atoms with Crippen LogP contribution in [0, 0.1) is 5.41 Å². The molecule has 2 amide bonds. The third kappa shape index (κ3) is 6.58. The fourth-order valence-electron chi connectivity index (χ4n) is 1.25. The number of urea groups is 1. The number of amides is 2. The molecule has 0 aliphatic heterocycles. The summed E-state index contributed by atoms with van der Waals surface area (Å²) in [5.74, 6) is -0.157. The number of carbonyl (C=O) groups excluding carboxylic acids is 1. The Balaban J connectivity index is 4.20. The van der Waals surface area contributed by atoms with Crippen LogP contribution in [0.1, 0.15) is 27.7 Å². The normalized spacial score (nSPS) is 14.7. The molecule has 1 unspecified atom stereocenters. The van der Waals surface area contributed by atoms with Crippen LogP contribution in [0.4, 0.5) is 4.79 Å². The molecule has 0 fully saturated rings. The fraction of sp³-hybridized carbons (Fsp3) is 0.818. The second-order valence-corrected chi connectivity index (χ2v) is 6.84. The van der Waals surface area contributed by atoms with Crippen LogP contribution in [0.2, 0.25) is 0 Å². The molecule has 18 heavy (non-hydrogen) atoms. The van der Waals surface area contributed by atoms with Gasteiger partial charge in [-0.3, -0.25) is 4.21 Å². The first-order valence-corrected chi connectivity index (χ1v) is 7.29. The Hall–Kier alpha value is -1.11. The summed E-state index contributed by atoms with van der Waals surface area (Å²) >= 11 is 0. The van der Waals surface area contributed by atoms with Gasteiger partial charge in [0.1, 0.15) is 6.04 Å². The second kappa shape index (κ2) is 7.35. The lowest BCUT2D eigenvalue weighted by molar-refractivity contribution is -0.141. The van der Waals surface area contributed by atoms with E-state index < -0.39 is 34.3 Å². The summed E-state index contributed by atoms with van der Waals surface area (Å²) < 4.78 is 11.1. The van der Waals surface area contributed by atoms with Crippen molar-refractivity contribution in [1.29, 1.82) is 0 Å². The maximum absolute atomic E-state index is 11.5. The first-order chi connectivity index (χ1) is 8.18. The molecule has 3 N–H and O–H groups in total. The Morgan fingerprint density at radius 1 is 1.33 bits per heavy atom. The summed E-state index contributed by atoms with van der Waals surface area (Å²) in [4.78, 5) is 22.5. The van der Waals surface area contributed by atoms with Crippen molar-refractivity contribution < 1.29 is 18.9 Å². The van der Waals surface area contributed by atoms with E-state index in [1.807, 2.05) is 0 Å². The molecule has 0 aliphatic rings. The number of carbonyl (C=O) groups is 2. The van der Waals surface area contributed by atoms with Gasteiger partial charge in [0.25, 0.3) is 0 Å². The maximum atomic E-state index is 11.5. The van der Waals surface area contributed by atoms with Gasteiger partial charge in [-0.1, -0.05) is 27.7 Å². The van der Waals surface area contributed by atoms with E-state index in [4.69, 9.17) is 5.11 Å². The number of hydrogen-bond acceptors (Lipinski definition) is 3. The SMILES string of the molecule is CCS(=O)CCNC(=O)N[C@@H](C(=O)O)C(C)(C)C. The zero-order valence-corrected chi connectivity index (χ0v) is 12.1. The van der Waals surface area contributed by atoms with E-state index in [9.17, 15) is 13.8 Å². The lowest BCUT2D eigenvalue weighted by Crippen LogP contribution is -2.52. The molecule has 0 heterocycles. The van der Waals surface area contributed by atoms with Gasteiger partial charge in [-0.15, -0.1) is 0 Å². The minimum absolute atomic E-state index is 0.267. The topological polar surface area (TPSA) is 95.5 Å². The lowest BCUT2D eigenvalue weighted by atomic mass is 9.87. The molecule has 106 valence electrons. The Kier molecular flexibility index (Phi) is 6.90. The van der Waals surface area contributed by atoms with Crippen molar-refractivity contribution in [3.05, 3.63) is 0 Å². The minimum atomic E-state index is -1.07. The number of carboxylic acid groups (broad SMARTS) is 1. The minimum Gasteiger partial charge on any atom is -0.480 e. The largest absolute Gasteiger partial charge is 0.480 e. The van der Waals surface area contributed by atoms with Crippen LogP contribution in [0.3, 0.4) is 0 Å². The van der Waals surface area contributed by atoms with Crippen LogP contribution < -0.4 is 10.6 Å². The molecular formula is C11H22N2O4S.